The Kier molecular flexibility index (Phi) is 24.2. The van der Waals surface area contributed by atoms with Crippen LogP contribution < -0.4 is 29.6 Å². The van der Waals surface area contributed by atoms with E-state index < -0.39 is 22.1 Å². The van der Waals surface area contributed by atoms with Crippen molar-refractivity contribution in [1.29, 1.82) is 0 Å². The molecule has 0 amide bonds. The Labute approximate surface area is 230 Å². The van der Waals surface area contributed by atoms with Gasteiger partial charge in [0.2, 0.25) is 0 Å². The number of unbranched alkanes of at least 4 members (excludes halogenated alkanes) is 1. The van der Waals surface area contributed by atoms with Crippen molar-refractivity contribution in [3.05, 3.63) is 109 Å². The molecule has 0 fully saturated rings. The summed E-state index contributed by atoms with van der Waals surface area (Å²) in [6, 6.07) is 18.8. The van der Waals surface area contributed by atoms with Crippen LogP contribution in [0.25, 0.3) is 12.2 Å². The largest absolute Gasteiger partial charge is 1.00 e. The smallest absolute Gasteiger partial charge is 0.744 e. The van der Waals surface area contributed by atoms with E-state index >= 15 is 0 Å². The molecule has 0 spiro atoms. The van der Waals surface area contributed by atoms with E-state index in [4.69, 9.17) is 10.2 Å². The number of hydrogen-bond donors (Lipinski definition) is 2. The first-order valence-electron chi connectivity index (χ1n) is 10.1. The maximum atomic E-state index is 10.2. The van der Waals surface area contributed by atoms with Crippen molar-refractivity contribution in [2.45, 2.75) is 26.2 Å². The molecule has 0 unspecified atom stereocenters. The summed E-state index contributed by atoms with van der Waals surface area (Å²) in [4.78, 5) is 19.4. The predicted octanol–water partition coefficient (Wildman–Crippen LogP) is 2.61. The van der Waals surface area contributed by atoms with Gasteiger partial charge in [0.05, 0.1) is 0 Å². The molecular weight excluding hydrogens is 479 g/mol. The van der Waals surface area contributed by atoms with E-state index in [-0.39, 0.29) is 29.6 Å². The second kappa shape index (κ2) is 23.0. The maximum absolute atomic E-state index is 10.2. The van der Waals surface area contributed by atoms with E-state index in [0.717, 1.165) is 18.9 Å². The molecule has 0 bridgehead atoms. The summed E-state index contributed by atoms with van der Waals surface area (Å²) < 4.78 is 30.5. The van der Waals surface area contributed by atoms with Crippen LogP contribution in [0.2, 0.25) is 0 Å². The summed E-state index contributed by atoms with van der Waals surface area (Å²) in [7, 11) is -4.25. The van der Waals surface area contributed by atoms with Gasteiger partial charge < -0.3 is 14.8 Å². The fraction of sp³-hybridized carbons (Fsp3) is 0.154. The first kappa shape index (κ1) is 36.8. The van der Waals surface area contributed by atoms with E-state index in [1.54, 1.807) is 24.3 Å². The van der Waals surface area contributed by atoms with Crippen molar-refractivity contribution in [2.24, 2.45) is 0 Å². The zero-order chi connectivity index (χ0) is 26.4. The zero-order valence-corrected chi connectivity index (χ0v) is 23.0. The van der Waals surface area contributed by atoms with Gasteiger partial charge in [-0.25, -0.2) is 18.0 Å². The van der Waals surface area contributed by atoms with Crippen molar-refractivity contribution in [2.75, 3.05) is 0 Å². The average molecular weight is 511 g/mol. The molecule has 2 N–H and O–H groups in total. The molecule has 0 saturated heterocycles. The molecule has 2 aromatic rings. The SMILES string of the molecule is C=C(CCCC)C(=O)O.C=CC(=O)O.C=Cc1ccccc1.O=S(=O)([O-])C=Cc1ccccc1.[Na+]. The third kappa shape index (κ3) is 27.4. The topological polar surface area (TPSA) is 132 Å². The molecule has 0 aliphatic rings. The predicted molar refractivity (Wildman–Crippen MR) is 136 cm³/mol. The van der Waals surface area contributed by atoms with Crippen molar-refractivity contribution >= 4 is 34.2 Å². The van der Waals surface area contributed by atoms with Crippen LogP contribution in [0.4, 0.5) is 0 Å². The van der Waals surface area contributed by atoms with Crippen LogP contribution in [0.3, 0.4) is 0 Å². The van der Waals surface area contributed by atoms with Crippen LogP contribution in [0.15, 0.2) is 97.5 Å². The number of hydrogen-bond acceptors (Lipinski definition) is 5. The summed E-state index contributed by atoms with van der Waals surface area (Å²) in [5.41, 5.74) is 2.18. The Balaban J connectivity index is -0.000000403. The number of carbonyl (C=O) groups is 2. The van der Waals surface area contributed by atoms with Gasteiger partial charge in [0.15, 0.2) is 0 Å². The molecule has 184 valence electrons. The minimum atomic E-state index is -4.25. The van der Waals surface area contributed by atoms with Gasteiger partial charge in [-0.3, -0.25) is 0 Å². The molecule has 9 heteroatoms. The van der Waals surface area contributed by atoms with Crippen molar-refractivity contribution in [3.63, 3.8) is 0 Å². The van der Waals surface area contributed by atoms with Gasteiger partial charge in [-0.2, -0.15) is 0 Å². The Morgan fingerprint density at radius 3 is 1.66 bits per heavy atom. The molecule has 0 heterocycles. The molecule has 0 saturated carbocycles. The van der Waals surface area contributed by atoms with E-state index in [0.29, 0.717) is 23.0 Å². The maximum Gasteiger partial charge on any atom is 1.00 e. The second-order valence-corrected chi connectivity index (χ2v) is 7.63. The van der Waals surface area contributed by atoms with Gasteiger partial charge in [-0.15, -0.1) is 0 Å². The molecule has 35 heavy (non-hydrogen) atoms. The summed E-state index contributed by atoms with van der Waals surface area (Å²) in [6.07, 6.45) is 6.49. The number of carboxylic acids is 2. The Bertz CT molecular complexity index is 1020. The quantitative estimate of drug-likeness (QED) is 0.317. The Morgan fingerprint density at radius 2 is 1.37 bits per heavy atom. The normalized spacial score (nSPS) is 9.31. The van der Waals surface area contributed by atoms with Gasteiger partial charge >= 0.3 is 41.5 Å². The molecule has 0 radical (unpaired) electrons. The van der Waals surface area contributed by atoms with Crippen molar-refractivity contribution < 1.29 is 62.3 Å². The van der Waals surface area contributed by atoms with Gasteiger partial charge in [0.1, 0.15) is 10.1 Å². The van der Waals surface area contributed by atoms with Crippen LogP contribution in [0.1, 0.15) is 37.3 Å². The fourth-order valence-corrected chi connectivity index (χ4v) is 2.14. The number of aliphatic carboxylic acids is 2. The molecule has 0 atom stereocenters. The third-order valence-electron chi connectivity index (χ3n) is 3.57. The van der Waals surface area contributed by atoms with Crippen LogP contribution in [-0.2, 0) is 19.7 Å². The Hall–Kier alpha value is -2.75. The molecule has 0 aliphatic heterocycles. The van der Waals surface area contributed by atoms with E-state index in [1.165, 1.54) is 11.6 Å². The first-order chi connectivity index (χ1) is 16.0. The monoisotopic (exact) mass is 510 g/mol. The summed E-state index contributed by atoms with van der Waals surface area (Å²) >= 11 is 0. The summed E-state index contributed by atoms with van der Waals surface area (Å²) in [6.45, 7) is 12.0. The van der Waals surface area contributed by atoms with Crippen LogP contribution in [0, 0.1) is 0 Å². The average Bonchev–Trinajstić information content (AvgIpc) is 2.83. The van der Waals surface area contributed by atoms with Crippen molar-refractivity contribution in [1.82, 2.24) is 0 Å². The van der Waals surface area contributed by atoms with Gasteiger partial charge in [0, 0.05) is 17.1 Å². The van der Waals surface area contributed by atoms with Gasteiger partial charge in [-0.1, -0.05) is 99.8 Å². The minimum Gasteiger partial charge on any atom is -0.744 e. The van der Waals surface area contributed by atoms with Crippen LogP contribution in [-0.4, -0.2) is 35.1 Å². The molecule has 0 aromatic heterocycles. The van der Waals surface area contributed by atoms with E-state index in [1.807, 2.05) is 49.4 Å². The third-order valence-corrected chi connectivity index (χ3v) is 4.04. The number of rotatable bonds is 8. The van der Waals surface area contributed by atoms with Gasteiger partial charge in [0.25, 0.3) is 0 Å². The molecule has 0 aliphatic carbocycles. The first-order valence-corrected chi connectivity index (χ1v) is 11.6. The molecular formula is C26H31NaO7S. The van der Waals surface area contributed by atoms with Crippen molar-refractivity contribution in [3.8, 4) is 0 Å². The van der Waals surface area contributed by atoms with Gasteiger partial charge in [-0.05, 0) is 30.0 Å². The summed E-state index contributed by atoms with van der Waals surface area (Å²) in [5.74, 6) is -1.85. The van der Waals surface area contributed by atoms with Crippen LogP contribution in [0.5, 0.6) is 0 Å². The number of benzene rings is 2. The summed E-state index contributed by atoms with van der Waals surface area (Å²) in [5, 5.41) is 16.6. The van der Waals surface area contributed by atoms with E-state index in [2.05, 4.69) is 19.7 Å². The fourth-order valence-electron chi connectivity index (χ4n) is 1.81. The molecule has 2 rings (SSSR count). The number of carboxylic acid groups (broad SMARTS) is 2. The molecule has 7 nitrogen and oxygen atoms in total. The standard InChI is InChI=1S/C8H8O3S.C8H8.C7H12O2.C3H4O2.Na/c9-12(10,11)7-6-8-4-2-1-3-5-8;1-2-8-6-4-3-5-7-8;1-3-4-5-6(2)7(8)9;1-2-3(4)5;/h1-7H,(H,9,10,11);2-7H,1H2;2-5H2,1H3,(H,8,9);2H,1H2,(H,4,5);/q;;;;+1/p-1. The Morgan fingerprint density at radius 1 is 0.943 bits per heavy atom. The minimum absolute atomic E-state index is 0. The van der Waals surface area contributed by atoms with E-state index in [9.17, 15) is 22.6 Å². The second-order valence-electron chi connectivity index (χ2n) is 6.38. The zero-order valence-electron chi connectivity index (χ0n) is 20.2. The van der Waals surface area contributed by atoms with Crippen LogP contribution >= 0.6 is 0 Å². The molecule has 2 aromatic carbocycles.